The number of hydrogen-bond donors (Lipinski definition) is 2. The average Bonchev–Trinajstić information content (AvgIpc) is 2.84. The summed E-state index contributed by atoms with van der Waals surface area (Å²) in [6.07, 6.45) is 8.42. The first-order valence-corrected chi connectivity index (χ1v) is 11.3. The first-order chi connectivity index (χ1) is 17.5. The minimum Gasteiger partial charge on any atom is -0.397 e. The van der Waals surface area contributed by atoms with Gasteiger partial charge in [-0.1, -0.05) is 35.2 Å². The van der Waals surface area contributed by atoms with Gasteiger partial charge in [0.1, 0.15) is 5.69 Å². The minimum atomic E-state index is -1.25. The van der Waals surface area contributed by atoms with Gasteiger partial charge in [0.15, 0.2) is 11.6 Å². The smallest absolute Gasteiger partial charge is 0.337 e. The van der Waals surface area contributed by atoms with E-state index < -0.39 is 22.9 Å². The summed E-state index contributed by atoms with van der Waals surface area (Å²) in [6.45, 7) is 1.44. The van der Waals surface area contributed by atoms with Crippen LogP contribution in [0.25, 0.3) is 16.9 Å². The van der Waals surface area contributed by atoms with E-state index in [-0.39, 0.29) is 50.6 Å². The van der Waals surface area contributed by atoms with Crippen molar-refractivity contribution in [3.05, 3.63) is 96.9 Å². The summed E-state index contributed by atoms with van der Waals surface area (Å²) in [7, 11) is 0. The van der Waals surface area contributed by atoms with Crippen molar-refractivity contribution in [2.24, 2.45) is 5.84 Å². The summed E-state index contributed by atoms with van der Waals surface area (Å²) >= 11 is 12.3. The molecule has 2 heterocycles. The molecule has 2 aromatic carbocycles. The molecule has 0 saturated heterocycles. The van der Waals surface area contributed by atoms with Crippen LogP contribution < -0.4 is 27.8 Å². The number of terminal acetylenes is 1. The fraction of sp³-hybridized carbons (Fsp3) is 0.0800. The van der Waals surface area contributed by atoms with Crippen molar-refractivity contribution >= 4 is 40.3 Å². The van der Waals surface area contributed by atoms with Gasteiger partial charge in [-0.2, -0.15) is 0 Å². The third kappa shape index (κ3) is 4.68. The molecule has 0 aliphatic carbocycles. The number of halogens is 4. The second-order valence-electron chi connectivity index (χ2n) is 7.96. The molecular formula is C25H18Cl2F2N6O2. The van der Waals surface area contributed by atoms with Crippen LogP contribution in [0.4, 0.5) is 25.8 Å². The van der Waals surface area contributed by atoms with Gasteiger partial charge in [0, 0.05) is 23.9 Å². The molecule has 0 amide bonds. The van der Waals surface area contributed by atoms with Crippen molar-refractivity contribution in [3.63, 3.8) is 0 Å². The van der Waals surface area contributed by atoms with Crippen LogP contribution in [-0.2, 0) is 6.54 Å². The maximum atomic E-state index is 14.2. The summed E-state index contributed by atoms with van der Waals surface area (Å²) in [6, 6.07) is 7.39. The molecule has 188 valence electrons. The number of rotatable bonds is 5. The van der Waals surface area contributed by atoms with E-state index in [2.05, 4.69) is 10.9 Å². The predicted octanol–water partition coefficient (Wildman–Crippen LogP) is 4.18. The zero-order valence-corrected chi connectivity index (χ0v) is 20.7. The number of anilines is 3. The van der Waals surface area contributed by atoms with E-state index in [1.54, 1.807) is 13.0 Å². The highest BCUT2D eigenvalue weighted by Crippen LogP contribution is 2.36. The number of aromatic nitrogens is 3. The summed E-state index contributed by atoms with van der Waals surface area (Å²) < 4.78 is 29.9. The highest BCUT2D eigenvalue weighted by molar-refractivity contribution is 6.42. The zero-order valence-electron chi connectivity index (χ0n) is 19.2. The molecule has 0 radical (unpaired) electrons. The molecule has 0 bridgehead atoms. The molecule has 8 nitrogen and oxygen atoms in total. The maximum Gasteiger partial charge on any atom is 0.337 e. The molecule has 37 heavy (non-hydrogen) atoms. The Balaban J connectivity index is 2.19. The lowest BCUT2D eigenvalue weighted by molar-refractivity contribution is 0.509. The quantitative estimate of drug-likeness (QED) is 0.169. The van der Waals surface area contributed by atoms with Crippen molar-refractivity contribution in [1.29, 1.82) is 0 Å². The molecule has 4 rings (SSSR count). The van der Waals surface area contributed by atoms with Crippen LogP contribution in [0.5, 0.6) is 0 Å². The van der Waals surface area contributed by atoms with E-state index in [0.29, 0.717) is 5.56 Å². The third-order valence-corrected chi connectivity index (χ3v) is 6.19. The van der Waals surface area contributed by atoms with Gasteiger partial charge in [-0.25, -0.2) is 24.0 Å². The van der Waals surface area contributed by atoms with Gasteiger partial charge in [0.05, 0.1) is 45.5 Å². The molecule has 0 saturated carbocycles. The van der Waals surface area contributed by atoms with Crippen molar-refractivity contribution < 1.29 is 8.78 Å². The van der Waals surface area contributed by atoms with Crippen molar-refractivity contribution in [1.82, 2.24) is 14.1 Å². The Bertz CT molecular complexity index is 1710. The molecule has 4 N–H and O–H groups in total. The van der Waals surface area contributed by atoms with Crippen LogP contribution in [0, 0.1) is 30.9 Å². The van der Waals surface area contributed by atoms with Gasteiger partial charge in [0.2, 0.25) is 0 Å². The second-order valence-corrected chi connectivity index (χ2v) is 8.77. The molecule has 0 spiro atoms. The Hall–Kier alpha value is -4.17. The Labute approximate surface area is 219 Å². The fourth-order valence-corrected chi connectivity index (χ4v) is 4.10. The lowest BCUT2D eigenvalue weighted by Gasteiger charge is -2.26. The Kier molecular flexibility index (Phi) is 7.05. The van der Waals surface area contributed by atoms with Gasteiger partial charge in [0.25, 0.3) is 5.56 Å². The van der Waals surface area contributed by atoms with E-state index in [4.69, 9.17) is 41.2 Å². The van der Waals surface area contributed by atoms with Gasteiger partial charge in [-0.15, -0.1) is 6.42 Å². The van der Waals surface area contributed by atoms with Crippen LogP contribution in [0.15, 0.2) is 58.4 Å². The van der Waals surface area contributed by atoms with Crippen LogP contribution in [0.2, 0.25) is 10.0 Å². The van der Waals surface area contributed by atoms with E-state index >= 15 is 0 Å². The molecule has 2 aromatic heterocycles. The number of hydrogen-bond acceptors (Lipinski definition) is 6. The normalized spacial score (nSPS) is 10.8. The van der Waals surface area contributed by atoms with Crippen molar-refractivity contribution in [3.8, 4) is 29.3 Å². The lowest BCUT2D eigenvalue weighted by Crippen LogP contribution is -2.44. The number of pyridine rings is 1. The number of nitrogens with zero attached hydrogens (tertiary/aromatic N) is 4. The average molecular weight is 543 g/mol. The van der Waals surface area contributed by atoms with Crippen LogP contribution in [-0.4, -0.2) is 14.1 Å². The summed E-state index contributed by atoms with van der Waals surface area (Å²) in [5.41, 5.74) is 4.39. The van der Waals surface area contributed by atoms with Gasteiger partial charge < -0.3 is 5.73 Å². The van der Waals surface area contributed by atoms with Crippen LogP contribution in [0.3, 0.4) is 0 Å². The standard InChI is InChI=1S/C25H18Cl2F2N6O2/c1-3-6-33-22(14-4-5-16(26)17(27)8-14)23(35(31)21-10-19(29)18(28)9-20(21)30)24(36)34(25(33)37)15-7-13(2)11-32-12-15/h1,4-5,7-12H,6,30-31H2,2H3. The van der Waals surface area contributed by atoms with Gasteiger partial charge >= 0.3 is 5.69 Å². The first kappa shape index (κ1) is 25.9. The minimum absolute atomic E-state index is 0.0463. The van der Waals surface area contributed by atoms with E-state index in [9.17, 15) is 18.4 Å². The molecule has 0 fully saturated rings. The monoisotopic (exact) mass is 542 g/mol. The van der Waals surface area contributed by atoms with E-state index in [0.717, 1.165) is 26.3 Å². The number of benzene rings is 2. The highest BCUT2D eigenvalue weighted by Gasteiger charge is 2.27. The van der Waals surface area contributed by atoms with Crippen molar-refractivity contribution in [2.75, 3.05) is 10.7 Å². The SMILES string of the molecule is C#CCn1c(-c2ccc(Cl)c(Cl)c2)c(N(N)c2cc(F)c(F)cc2N)c(=O)n(-c2cncc(C)c2)c1=O. The number of nitrogens with two attached hydrogens (primary N) is 2. The molecular weight excluding hydrogens is 525 g/mol. The Morgan fingerprint density at radius 1 is 1.08 bits per heavy atom. The number of nitrogen functional groups attached to an aromatic ring is 1. The van der Waals surface area contributed by atoms with E-state index in [1.165, 1.54) is 30.6 Å². The molecule has 0 unspecified atom stereocenters. The molecule has 12 heteroatoms. The summed E-state index contributed by atoms with van der Waals surface area (Å²) in [4.78, 5) is 31.7. The third-order valence-electron chi connectivity index (χ3n) is 5.45. The summed E-state index contributed by atoms with van der Waals surface area (Å²) in [5, 5.41) is 1.10. The maximum absolute atomic E-state index is 14.2. The summed E-state index contributed by atoms with van der Waals surface area (Å²) in [5.74, 6) is 6.27. The zero-order chi connectivity index (χ0) is 27.0. The Morgan fingerprint density at radius 3 is 2.43 bits per heavy atom. The van der Waals surface area contributed by atoms with E-state index in [1.807, 2.05) is 0 Å². The fourth-order valence-electron chi connectivity index (χ4n) is 3.80. The highest BCUT2D eigenvalue weighted by atomic mass is 35.5. The molecule has 0 aliphatic heterocycles. The van der Waals surface area contributed by atoms with Gasteiger partial charge in [-0.05, 0) is 30.7 Å². The van der Waals surface area contributed by atoms with Crippen molar-refractivity contribution in [2.45, 2.75) is 13.5 Å². The Morgan fingerprint density at radius 2 is 1.78 bits per heavy atom. The molecule has 0 aliphatic rings. The second kappa shape index (κ2) is 10.1. The van der Waals surface area contributed by atoms with Crippen LogP contribution >= 0.6 is 23.2 Å². The van der Waals surface area contributed by atoms with Gasteiger partial charge in [-0.3, -0.25) is 19.4 Å². The first-order valence-electron chi connectivity index (χ1n) is 10.5. The predicted molar refractivity (Wildman–Crippen MR) is 140 cm³/mol. The molecule has 4 aromatic rings. The largest absolute Gasteiger partial charge is 0.397 e. The molecule has 0 atom stereocenters. The topological polar surface area (TPSA) is 112 Å². The number of hydrazine groups is 1. The lowest BCUT2D eigenvalue weighted by atomic mass is 10.1. The van der Waals surface area contributed by atoms with Crippen LogP contribution in [0.1, 0.15) is 5.56 Å². The number of aryl methyl sites for hydroxylation is 1.